The van der Waals surface area contributed by atoms with Crippen molar-refractivity contribution in [3.8, 4) is 5.75 Å². The fourth-order valence-corrected chi connectivity index (χ4v) is 1.50. The maximum absolute atomic E-state index is 9.50. The van der Waals surface area contributed by atoms with Crippen molar-refractivity contribution in [2.24, 2.45) is 0 Å². The maximum Gasteiger partial charge on any atom is 0.118 e. The molecular weight excluding hydrogens is 172 g/mol. The third kappa shape index (κ3) is 3.65. The minimum Gasteiger partial charge on any atom is -0.508 e. The summed E-state index contributed by atoms with van der Waals surface area (Å²) in [7, 11) is 0. The fourth-order valence-electron chi connectivity index (χ4n) is 1.50. The van der Waals surface area contributed by atoms with E-state index >= 15 is 0 Å². The van der Waals surface area contributed by atoms with Crippen molar-refractivity contribution in [3.05, 3.63) is 42.5 Å². The highest BCUT2D eigenvalue weighted by Gasteiger charge is 1.98. The molecule has 0 heterocycles. The molecule has 1 N–H and O–H groups in total. The number of para-hydroxylation sites is 1. The molecule has 0 aliphatic carbocycles. The van der Waals surface area contributed by atoms with Gasteiger partial charge < -0.3 is 5.11 Å². The van der Waals surface area contributed by atoms with Gasteiger partial charge in [0.25, 0.3) is 0 Å². The molecular formula is C13H18O. The van der Waals surface area contributed by atoms with Gasteiger partial charge in [-0.2, -0.15) is 0 Å². The van der Waals surface area contributed by atoms with Crippen molar-refractivity contribution < 1.29 is 5.11 Å². The van der Waals surface area contributed by atoms with E-state index in [2.05, 4.69) is 6.58 Å². The number of allylic oxidation sites excluding steroid dienone is 1. The summed E-state index contributed by atoms with van der Waals surface area (Å²) in [5.41, 5.74) is 1.06. The molecule has 0 bridgehead atoms. The highest BCUT2D eigenvalue weighted by Crippen LogP contribution is 2.18. The van der Waals surface area contributed by atoms with E-state index in [-0.39, 0.29) is 0 Å². The molecule has 0 aromatic heterocycles. The minimum absolute atomic E-state index is 0.427. The van der Waals surface area contributed by atoms with Gasteiger partial charge in [0.15, 0.2) is 0 Å². The molecule has 0 amide bonds. The summed E-state index contributed by atoms with van der Waals surface area (Å²) < 4.78 is 0. The molecule has 1 aromatic carbocycles. The Kier molecular flexibility index (Phi) is 4.84. The van der Waals surface area contributed by atoms with Crippen LogP contribution in [0.1, 0.15) is 31.2 Å². The SMILES string of the molecule is C=CCCCCCc1ccccc1O. The van der Waals surface area contributed by atoms with Crippen LogP contribution >= 0.6 is 0 Å². The third-order valence-corrected chi connectivity index (χ3v) is 2.35. The first-order valence-electron chi connectivity index (χ1n) is 5.22. The monoisotopic (exact) mass is 190 g/mol. The smallest absolute Gasteiger partial charge is 0.118 e. The summed E-state index contributed by atoms with van der Waals surface area (Å²) in [5.74, 6) is 0.427. The number of phenolic OH excluding ortho intramolecular Hbond substituents is 1. The predicted octanol–water partition coefficient (Wildman–Crippen LogP) is 3.68. The van der Waals surface area contributed by atoms with Crippen LogP contribution in [-0.2, 0) is 6.42 Å². The molecule has 76 valence electrons. The summed E-state index contributed by atoms with van der Waals surface area (Å²) in [6.07, 6.45) is 7.59. The first-order chi connectivity index (χ1) is 6.84. The average molecular weight is 190 g/mol. The van der Waals surface area contributed by atoms with Gasteiger partial charge in [0.05, 0.1) is 0 Å². The lowest BCUT2D eigenvalue weighted by atomic mass is 10.1. The highest BCUT2D eigenvalue weighted by atomic mass is 16.3. The molecule has 1 rings (SSSR count). The van der Waals surface area contributed by atoms with Gasteiger partial charge in [0.1, 0.15) is 5.75 Å². The van der Waals surface area contributed by atoms with Crippen LogP contribution in [0.15, 0.2) is 36.9 Å². The predicted molar refractivity (Wildman–Crippen MR) is 60.5 cm³/mol. The molecule has 0 atom stereocenters. The van der Waals surface area contributed by atoms with Gasteiger partial charge in [-0.15, -0.1) is 6.58 Å². The number of hydrogen-bond acceptors (Lipinski definition) is 1. The van der Waals surface area contributed by atoms with Crippen LogP contribution in [-0.4, -0.2) is 5.11 Å². The van der Waals surface area contributed by atoms with Gasteiger partial charge >= 0.3 is 0 Å². The Morgan fingerprint density at radius 2 is 1.93 bits per heavy atom. The number of aryl methyl sites for hydroxylation is 1. The van der Waals surface area contributed by atoms with Crippen LogP contribution < -0.4 is 0 Å². The molecule has 0 spiro atoms. The van der Waals surface area contributed by atoms with Crippen LogP contribution in [0.5, 0.6) is 5.75 Å². The van der Waals surface area contributed by atoms with Crippen LogP contribution in [0.25, 0.3) is 0 Å². The lowest BCUT2D eigenvalue weighted by Gasteiger charge is -2.03. The second-order valence-corrected chi connectivity index (χ2v) is 3.52. The summed E-state index contributed by atoms with van der Waals surface area (Å²) in [6, 6.07) is 7.57. The van der Waals surface area contributed by atoms with Crippen molar-refractivity contribution in [2.75, 3.05) is 0 Å². The second-order valence-electron chi connectivity index (χ2n) is 3.52. The highest BCUT2D eigenvalue weighted by molar-refractivity contribution is 5.31. The zero-order valence-electron chi connectivity index (χ0n) is 8.58. The van der Waals surface area contributed by atoms with E-state index < -0.39 is 0 Å². The van der Waals surface area contributed by atoms with Crippen molar-refractivity contribution >= 4 is 0 Å². The maximum atomic E-state index is 9.50. The molecule has 14 heavy (non-hydrogen) atoms. The van der Waals surface area contributed by atoms with E-state index in [0.717, 1.165) is 24.8 Å². The summed E-state index contributed by atoms with van der Waals surface area (Å²) >= 11 is 0. The average Bonchev–Trinajstić information content (AvgIpc) is 2.20. The topological polar surface area (TPSA) is 20.2 Å². The van der Waals surface area contributed by atoms with E-state index in [9.17, 15) is 5.11 Å². The molecule has 1 heteroatoms. The van der Waals surface area contributed by atoms with Gasteiger partial charge in [-0.3, -0.25) is 0 Å². The van der Waals surface area contributed by atoms with E-state index in [0.29, 0.717) is 5.75 Å². The summed E-state index contributed by atoms with van der Waals surface area (Å²) in [6.45, 7) is 3.69. The molecule has 0 aliphatic rings. The molecule has 0 saturated heterocycles. The molecule has 0 aliphatic heterocycles. The zero-order valence-corrected chi connectivity index (χ0v) is 8.58. The molecule has 0 fully saturated rings. The van der Waals surface area contributed by atoms with Gasteiger partial charge in [0, 0.05) is 0 Å². The van der Waals surface area contributed by atoms with Gasteiger partial charge in [-0.25, -0.2) is 0 Å². The Morgan fingerprint density at radius 1 is 1.14 bits per heavy atom. The van der Waals surface area contributed by atoms with Crippen molar-refractivity contribution in [2.45, 2.75) is 32.1 Å². The van der Waals surface area contributed by atoms with Crippen molar-refractivity contribution in [1.29, 1.82) is 0 Å². The number of unbranched alkanes of at least 4 members (excludes halogenated alkanes) is 3. The zero-order chi connectivity index (χ0) is 10.2. The fraction of sp³-hybridized carbons (Fsp3) is 0.385. The Balaban J connectivity index is 2.24. The van der Waals surface area contributed by atoms with E-state index in [1.165, 1.54) is 12.8 Å². The number of aromatic hydroxyl groups is 1. The van der Waals surface area contributed by atoms with Crippen LogP contribution in [0.2, 0.25) is 0 Å². The number of rotatable bonds is 6. The number of phenols is 1. The Hall–Kier alpha value is -1.24. The Labute approximate surface area is 86.1 Å². The summed E-state index contributed by atoms with van der Waals surface area (Å²) in [5, 5.41) is 9.50. The minimum atomic E-state index is 0.427. The Bertz CT molecular complexity index is 278. The first-order valence-corrected chi connectivity index (χ1v) is 5.22. The van der Waals surface area contributed by atoms with E-state index in [1.54, 1.807) is 6.07 Å². The summed E-state index contributed by atoms with van der Waals surface area (Å²) in [4.78, 5) is 0. The quantitative estimate of drug-likeness (QED) is 0.536. The van der Waals surface area contributed by atoms with Crippen LogP contribution in [0.3, 0.4) is 0 Å². The largest absolute Gasteiger partial charge is 0.508 e. The van der Waals surface area contributed by atoms with E-state index in [1.807, 2.05) is 24.3 Å². The molecule has 1 nitrogen and oxygen atoms in total. The van der Waals surface area contributed by atoms with Gasteiger partial charge in [-0.05, 0) is 37.3 Å². The van der Waals surface area contributed by atoms with Crippen LogP contribution in [0, 0.1) is 0 Å². The molecule has 0 unspecified atom stereocenters. The molecule has 0 saturated carbocycles. The molecule has 1 aromatic rings. The number of benzene rings is 1. The second kappa shape index (κ2) is 6.25. The molecule has 0 radical (unpaired) electrons. The number of hydrogen-bond donors (Lipinski definition) is 1. The van der Waals surface area contributed by atoms with Gasteiger partial charge in [0.2, 0.25) is 0 Å². The Morgan fingerprint density at radius 3 is 2.64 bits per heavy atom. The van der Waals surface area contributed by atoms with E-state index in [4.69, 9.17) is 0 Å². The normalized spacial score (nSPS) is 10.0. The van der Waals surface area contributed by atoms with Crippen molar-refractivity contribution in [3.63, 3.8) is 0 Å². The van der Waals surface area contributed by atoms with Gasteiger partial charge in [-0.1, -0.05) is 30.7 Å². The third-order valence-electron chi connectivity index (χ3n) is 2.35. The van der Waals surface area contributed by atoms with Crippen molar-refractivity contribution in [1.82, 2.24) is 0 Å². The first kappa shape index (κ1) is 10.8. The lowest BCUT2D eigenvalue weighted by molar-refractivity contribution is 0.466. The lowest BCUT2D eigenvalue weighted by Crippen LogP contribution is -1.86. The standard InChI is InChI=1S/C13H18O/c1-2-3-4-5-6-9-12-10-7-8-11-13(12)14/h2,7-8,10-11,14H,1,3-6,9H2. The van der Waals surface area contributed by atoms with Crippen LogP contribution in [0.4, 0.5) is 0 Å².